The monoisotopic (exact) mass is 234 g/mol. The van der Waals surface area contributed by atoms with Crippen LogP contribution in [-0.4, -0.2) is 36.3 Å². The fraction of sp³-hybridized carbons (Fsp3) is 0.538. The highest BCUT2D eigenvalue weighted by Gasteiger charge is 2.62. The molecule has 1 N–H and O–H groups in total. The van der Waals surface area contributed by atoms with Crippen molar-refractivity contribution in [3.05, 3.63) is 35.9 Å². The van der Waals surface area contributed by atoms with Crippen molar-refractivity contribution in [2.24, 2.45) is 5.92 Å². The van der Waals surface area contributed by atoms with E-state index in [1.807, 2.05) is 30.3 Å². The molecule has 2 unspecified atom stereocenters. The Labute approximate surface area is 99.1 Å². The van der Waals surface area contributed by atoms with Gasteiger partial charge in [0.05, 0.1) is 24.7 Å². The molecule has 0 aromatic heterocycles. The van der Waals surface area contributed by atoms with Crippen LogP contribution in [0.25, 0.3) is 0 Å². The molecule has 90 valence electrons. The summed E-state index contributed by atoms with van der Waals surface area (Å²) in [6.07, 6.45) is -0.619. The number of rotatable bonds is 2. The first-order valence-corrected chi connectivity index (χ1v) is 6.00. The first-order chi connectivity index (χ1) is 8.34. The molecule has 17 heavy (non-hydrogen) atoms. The van der Waals surface area contributed by atoms with E-state index in [0.717, 1.165) is 5.56 Å². The van der Waals surface area contributed by atoms with Crippen molar-refractivity contribution in [2.45, 2.75) is 30.7 Å². The van der Waals surface area contributed by atoms with Gasteiger partial charge in [-0.15, -0.1) is 0 Å². The first kappa shape index (κ1) is 10.0. The minimum Gasteiger partial charge on any atom is -0.388 e. The molecule has 0 spiro atoms. The van der Waals surface area contributed by atoms with Gasteiger partial charge in [-0.3, -0.25) is 0 Å². The summed E-state index contributed by atoms with van der Waals surface area (Å²) in [5, 5.41) is 10.4. The molecule has 0 saturated carbocycles. The summed E-state index contributed by atoms with van der Waals surface area (Å²) in [4.78, 5) is 0. The van der Waals surface area contributed by atoms with Crippen LogP contribution < -0.4 is 0 Å². The second-order valence-electron chi connectivity index (χ2n) is 4.87. The maximum atomic E-state index is 10.4. The van der Waals surface area contributed by atoms with Crippen LogP contribution in [-0.2, 0) is 14.2 Å². The molecule has 3 aliphatic rings. The lowest BCUT2D eigenvalue weighted by atomic mass is 9.89. The van der Waals surface area contributed by atoms with E-state index in [-0.39, 0.29) is 30.5 Å². The van der Waals surface area contributed by atoms with E-state index < -0.39 is 6.10 Å². The van der Waals surface area contributed by atoms with Gasteiger partial charge < -0.3 is 19.3 Å². The highest BCUT2D eigenvalue weighted by molar-refractivity contribution is 5.20. The van der Waals surface area contributed by atoms with Crippen LogP contribution >= 0.6 is 0 Å². The first-order valence-electron chi connectivity index (χ1n) is 6.00. The Morgan fingerprint density at radius 3 is 2.76 bits per heavy atom. The maximum Gasteiger partial charge on any atom is 0.166 e. The number of epoxide rings is 1. The number of aliphatic hydroxyl groups excluding tert-OH is 1. The molecule has 0 amide bonds. The summed E-state index contributed by atoms with van der Waals surface area (Å²) in [5.74, 6) is -0.110. The van der Waals surface area contributed by atoms with E-state index in [2.05, 4.69) is 0 Å². The van der Waals surface area contributed by atoms with Gasteiger partial charge in [-0.2, -0.15) is 0 Å². The Kier molecular flexibility index (Phi) is 2.08. The number of hydrogen-bond acceptors (Lipinski definition) is 4. The van der Waals surface area contributed by atoms with Crippen molar-refractivity contribution in [3.63, 3.8) is 0 Å². The molecular weight excluding hydrogens is 220 g/mol. The van der Waals surface area contributed by atoms with Gasteiger partial charge in [0, 0.05) is 0 Å². The molecule has 4 nitrogen and oxygen atoms in total. The zero-order chi connectivity index (χ0) is 11.4. The molecular formula is C13H14O4. The SMILES string of the molecule is O[C@H](c1ccccc1)[C@H]1C2OC2[C@@H]2CO[C@H]1O2. The third kappa shape index (κ3) is 1.45. The number of ether oxygens (including phenoxy) is 3. The van der Waals surface area contributed by atoms with Gasteiger partial charge >= 0.3 is 0 Å². The van der Waals surface area contributed by atoms with Crippen LogP contribution in [0.15, 0.2) is 30.3 Å². The van der Waals surface area contributed by atoms with E-state index in [1.54, 1.807) is 0 Å². The molecule has 6 atom stereocenters. The lowest BCUT2D eigenvalue weighted by molar-refractivity contribution is -0.141. The molecule has 1 aromatic rings. The molecule has 3 aliphatic heterocycles. The Morgan fingerprint density at radius 2 is 1.94 bits per heavy atom. The van der Waals surface area contributed by atoms with Gasteiger partial charge in [-0.1, -0.05) is 30.3 Å². The number of hydrogen-bond donors (Lipinski definition) is 1. The predicted octanol–water partition coefficient (Wildman–Crippen LogP) is 0.859. The molecule has 0 radical (unpaired) electrons. The van der Waals surface area contributed by atoms with Crippen molar-refractivity contribution in [1.29, 1.82) is 0 Å². The fourth-order valence-electron chi connectivity index (χ4n) is 2.92. The van der Waals surface area contributed by atoms with Gasteiger partial charge in [0.15, 0.2) is 6.29 Å². The summed E-state index contributed by atoms with van der Waals surface area (Å²) in [7, 11) is 0. The lowest BCUT2D eigenvalue weighted by Crippen LogP contribution is -2.38. The van der Waals surface area contributed by atoms with Crippen LogP contribution in [0, 0.1) is 5.92 Å². The van der Waals surface area contributed by atoms with Crippen molar-refractivity contribution >= 4 is 0 Å². The van der Waals surface area contributed by atoms with E-state index in [9.17, 15) is 5.11 Å². The van der Waals surface area contributed by atoms with Gasteiger partial charge in [0.1, 0.15) is 12.2 Å². The van der Waals surface area contributed by atoms with Crippen molar-refractivity contribution in [2.75, 3.05) is 6.61 Å². The zero-order valence-electron chi connectivity index (χ0n) is 9.23. The van der Waals surface area contributed by atoms with E-state index >= 15 is 0 Å². The normalized spacial score (nSPS) is 44.2. The van der Waals surface area contributed by atoms with Gasteiger partial charge in [-0.05, 0) is 5.56 Å². The number of aliphatic hydroxyl groups is 1. The topological polar surface area (TPSA) is 51.2 Å². The maximum absolute atomic E-state index is 10.4. The van der Waals surface area contributed by atoms with E-state index in [1.165, 1.54) is 0 Å². The molecule has 4 heteroatoms. The van der Waals surface area contributed by atoms with Crippen LogP contribution in [0.2, 0.25) is 0 Å². The highest BCUT2D eigenvalue weighted by atomic mass is 16.8. The Bertz CT molecular complexity index is 421. The zero-order valence-corrected chi connectivity index (χ0v) is 9.23. The Hall–Kier alpha value is -0.940. The highest BCUT2D eigenvalue weighted by Crippen LogP contribution is 2.49. The van der Waals surface area contributed by atoms with Gasteiger partial charge in [0.25, 0.3) is 0 Å². The van der Waals surface area contributed by atoms with Crippen molar-refractivity contribution in [1.82, 2.24) is 0 Å². The van der Waals surface area contributed by atoms with Crippen LogP contribution in [0.1, 0.15) is 11.7 Å². The number of benzene rings is 1. The molecule has 3 saturated heterocycles. The smallest absolute Gasteiger partial charge is 0.166 e. The molecule has 1 aromatic carbocycles. The summed E-state index contributed by atoms with van der Waals surface area (Å²) >= 11 is 0. The van der Waals surface area contributed by atoms with Gasteiger partial charge in [-0.25, -0.2) is 0 Å². The second-order valence-corrected chi connectivity index (χ2v) is 4.87. The molecule has 3 fully saturated rings. The summed E-state index contributed by atoms with van der Waals surface area (Å²) in [6.45, 7) is 0.587. The van der Waals surface area contributed by atoms with Crippen LogP contribution in [0.4, 0.5) is 0 Å². The van der Waals surface area contributed by atoms with Crippen molar-refractivity contribution in [3.8, 4) is 0 Å². The average Bonchev–Trinajstić information content (AvgIpc) is 3.05. The summed E-state index contributed by atoms with van der Waals surface area (Å²) in [6, 6.07) is 9.62. The summed E-state index contributed by atoms with van der Waals surface area (Å²) < 4.78 is 16.9. The summed E-state index contributed by atoms with van der Waals surface area (Å²) in [5.41, 5.74) is 0.893. The lowest BCUT2D eigenvalue weighted by Gasteiger charge is -2.28. The molecule has 2 bridgehead atoms. The molecule has 3 heterocycles. The van der Waals surface area contributed by atoms with E-state index in [0.29, 0.717) is 6.61 Å². The minimum absolute atomic E-state index is 0.0734. The van der Waals surface area contributed by atoms with Gasteiger partial charge in [0.2, 0.25) is 0 Å². The minimum atomic E-state index is -0.588. The second kappa shape index (κ2) is 3.53. The third-order valence-corrected chi connectivity index (χ3v) is 3.86. The van der Waals surface area contributed by atoms with Crippen molar-refractivity contribution < 1.29 is 19.3 Å². The van der Waals surface area contributed by atoms with Crippen LogP contribution in [0.3, 0.4) is 0 Å². The Morgan fingerprint density at radius 1 is 1.12 bits per heavy atom. The van der Waals surface area contributed by atoms with E-state index in [4.69, 9.17) is 14.2 Å². The fourth-order valence-corrected chi connectivity index (χ4v) is 2.92. The number of fused-ring (bicyclic) bond motifs is 4. The van der Waals surface area contributed by atoms with Crippen LogP contribution in [0.5, 0.6) is 0 Å². The largest absolute Gasteiger partial charge is 0.388 e. The standard InChI is InChI=1S/C13H14O4/c14-10(7-4-2-1-3-5-7)9-12-11(17-12)8-6-15-13(9)16-8/h1-5,8-14H,6H2/t8-,9-,10+,11?,12?,13-/m0/s1. The Balaban J connectivity index is 1.62. The molecule has 4 rings (SSSR count). The quantitative estimate of drug-likeness (QED) is 0.771. The average molecular weight is 234 g/mol. The predicted molar refractivity (Wildman–Crippen MR) is 58.2 cm³/mol. The molecule has 0 aliphatic carbocycles. The third-order valence-electron chi connectivity index (χ3n) is 3.86.